The summed E-state index contributed by atoms with van der Waals surface area (Å²) in [6, 6.07) is 5.53. The first-order valence-corrected chi connectivity index (χ1v) is 6.12. The SMILES string of the molecule is Cc1c(C(N)C(C)(C)C)oc2ccc(Cl)cc12. The van der Waals surface area contributed by atoms with E-state index in [4.69, 9.17) is 21.8 Å². The third-order valence-electron chi connectivity index (χ3n) is 3.15. The first-order valence-electron chi connectivity index (χ1n) is 5.75. The van der Waals surface area contributed by atoms with Crippen LogP contribution in [0, 0.1) is 12.3 Å². The second kappa shape index (κ2) is 4.04. The number of hydrogen-bond acceptors (Lipinski definition) is 2. The molecule has 3 heteroatoms. The Kier molecular flexibility index (Phi) is 2.96. The Morgan fingerprint density at radius 1 is 1.29 bits per heavy atom. The van der Waals surface area contributed by atoms with Gasteiger partial charge in [-0.25, -0.2) is 0 Å². The van der Waals surface area contributed by atoms with Crippen LogP contribution in [0.25, 0.3) is 11.0 Å². The standard InChI is InChI=1S/C14H18ClNO/c1-8-10-7-9(15)5-6-11(10)17-12(8)13(16)14(2,3)4/h5-7,13H,16H2,1-4H3. The molecule has 0 amide bonds. The molecule has 2 nitrogen and oxygen atoms in total. The highest BCUT2D eigenvalue weighted by Crippen LogP contribution is 2.37. The predicted molar refractivity (Wildman–Crippen MR) is 72.3 cm³/mol. The number of benzene rings is 1. The van der Waals surface area contributed by atoms with E-state index in [9.17, 15) is 0 Å². The first kappa shape index (κ1) is 12.5. The molecule has 1 unspecified atom stereocenters. The molecule has 0 bridgehead atoms. The van der Waals surface area contributed by atoms with Gasteiger partial charge in [0.1, 0.15) is 11.3 Å². The molecule has 2 N–H and O–H groups in total. The normalized spacial score (nSPS) is 14.2. The topological polar surface area (TPSA) is 39.2 Å². The van der Waals surface area contributed by atoms with E-state index in [1.165, 1.54) is 0 Å². The molecule has 1 atom stereocenters. The van der Waals surface area contributed by atoms with E-state index in [1.54, 1.807) is 0 Å². The van der Waals surface area contributed by atoms with E-state index >= 15 is 0 Å². The predicted octanol–water partition coefficient (Wildman–Crippen LogP) is 4.44. The third kappa shape index (κ3) is 2.20. The molecule has 17 heavy (non-hydrogen) atoms. The number of hydrogen-bond donors (Lipinski definition) is 1. The average molecular weight is 252 g/mol. The summed E-state index contributed by atoms with van der Waals surface area (Å²) in [6.07, 6.45) is 0. The van der Waals surface area contributed by atoms with Gasteiger partial charge in [-0.15, -0.1) is 0 Å². The minimum absolute atomic E-state index is 0.0254. The number of nitrogens with two attached hydrogens (primary N) is 1. The fraction of sp³-hybridized carbons (Fsp3) is 0.429. The lowest BCUT2D eigenvalue weighted by atomic mass is 9.85. The van der Waals surface area contributed by atoms with Crippen molar-refractivity contribution in [3.8, 4) is 0 Å². The van der Waals surface area contributed by atoms with Crippen molar-refractivity contribution in [1.82, 2.24) is 0 Å². The Balaban J connectivity index is 2.60. The van der Waals surface area contributed by atoms with Crippen LogP contribution in [-0.4, -0.2) is 0 Å². The summed E-state index contributed by atoms with van der Waals surface area (Å²) in [5, 5.41) is 1.77. The Morgan fingerprint density at radius 2 is 1.94 bits per heavy atom. The summed E-state index contributed by atoms with van der Waals surface area (Å²) in [5.74, 6) is 0.856. The lowest BCUT2D eigenvalue weighted by Gasteiger charge is -2.25. The molecule has 0 fully saturated rings. The summed E-state index contributed by atoms with van der Waals surface area (Å²) in [6.45, 7) is 8.36. The zero-order valence-corrected chi connectivity index (χ0v) is 11.4. The molecule has 0 aliphatic carbocycles. The molecular formula is C14H18ClNO. The summed E-state index contributed by atoms with van der Waals surface area (Å²) < 4.78 is 5.86. The van der Waals surface area contributed by atoms with E-state index < -0.39 is 0 Å². The Hall–Kier alpha value is -0.990. The van der Waals surface area contributed by atoms with Gasteiger partial charge in [0.25, 0.3) is 0 Å². The van der Waals surface area contributed by atoms with Gasteiger partial charge in [-0.05, 0) is 30.5 Å². The van der Waals surface area contributed by atoms with Gasteiger partial charge in [0.2, 0.25) is 0 Å². The fourth-order valence-electron chi connectivity index (χ4n) is 1.90. The number of halogens is 1. The molecule has 1 aromatic carbocycles. The van der Waals surface area contributed by atoms with Crippen molar-refractivity contribution in [3.05, 3.63) is 34.5 Å². The first-order chi connectivity index (χ1) is 7.80. The second-order valence-corrected chi connectivity index (χ2v) is 6.01. The number of fused-ring (bicyclic) bond motifs is 1. The van der Waals surface area contributed by atoms with Gasteiger partial charge < -0.3 is 10.2 Å². The molecule has 0 aliphatic rings. The summed E-state index contributed by atoms with van der Waals surface area (Å²) in [4.78, 5) is 0. The highest BCUT2D eigenvalue weighted by Gasteiger charge is 2.27. The summed E-state index contributed by atoms with van der Waals surface area (Å²) in [5.41, 5.74) is 8.16. The minimum atomic E-state index is -0.117. The summed E-state index contributed by atoms with van der Waals surface area (Å²) in [7, 11) is 0. The molecule has 1 heterocycles. The van der Waals surface area contributed by atoms with E-state index in [-0.39, 0.29) is 11.5 Å². The smallest absolute Gasteiger partial charge is 0.134 e. The van der Waals surface area contributed by atoms with E-state index in [0.717, 1.165) is 27.3 Å². The van der Waals surface area contributed by atoms with Crippen LogP contribution in [0.4, 0.5) is 0 Å². The minimum Gasteiger partial charge on any atom is -0.459 e. The molecule has 2 aromatic rings. The van der Waals surface area contributed by atoms with Crippen molar-refractivity contribution in [2.24, 2.45) is 11.1 Å². The monoisotopic (exact) mass is 251 g/mol. The van der Waals surface area contributed by atoms with Crippen LogP contribution in [0.15, 0.2) is 22.6 Å². The molecule has 0 saturated carbocycles. The van der Waals surface area contributed by atoms with Crippen molar-refractivity contribution in [2.45, 2.75) is 33.7 Å². The van der Waals surface area contributed by atoms with Crippen molar-refractivity contribution >= 4 is 22.6 Å². The van der Waals surface area contributed by atoms with Crippen LogP contribution in [0.2, 0.25) is 5.02 Å². The maximum Gasteiger partial charge on any atom is 0.134 e. The maximum atomic E-state index is 6.25. The highest BCUT2D eigenvalue weighted by molar-refractivity contribution is 6.31. The molecule has 1 aromatic heterocycles. The van der Waals surface area contributed by atoms with Gasteiger partial charge in [0.05, 0.1) is 6.04 Å². The molecule has 0 spiro atoms. The number of rotatable bonds is 1. The van der Waals surface area contributed by atoms with Crippen LogP contribution in [0.3, 0.4) is 0 Å². The van der Waals surface area contributed by atoms with Crippen LogP contribution in [0.5, 0.6) is 0 Å². The van der Waals surface area contributed by atoms with Crippen molar-refractivity contribution in [1.29, 1.82) is 0 Å². The van der Waals surface area contributed by atoms with Gasteiger partial charge in [-0.3, -0.25) is 0 Å². The fourth-order valence-corrected chi connectivity index (χ4v) is 2.07. The van der Waals surface area contributed by atoms with E-state index in [1.807, 2.05) is 25.1 Å². The van der Waals surface area contributed by atoms with Gasteiger partial charge in [-0.2, -0.15) is 0 Å². The van der Waals surface area contributed by atoms with Crippen LogP contribution in [0.1, 0.15) is 38.1 Å². The third-order valence-corrected chi connectivity index (χ3v) is 3.39. The van der Waals surface area contributed by atoms with Crippen molar-refractivity contribution in [2.75, 3.05) is 0 Å². The Labute approximate surface area is 107 Å². The lowest BCUT2D eigenvalue weighted by molar-refractivity contribution is 0.289. The average Bonchev–Trinajstić information content (AvgIpc) is 2.54. The van der Waals surface area contributed by atoms with Crippen molar-refractivity contribution in [3.63, 3.8) is 0 Å². The van der Waals surface area contributed by atoms with Gasteiger partial charge >= 0.3 is 0 Å². The molecule has 0 radical (unpaired) electrons. The van der Waals surface area contributed by atoms with Crippen LogP contribution < -0.4 is 5.73 Å². The maximum absolute atomic E-state index is 6.25. The highest BCUT2D eigenvalue weighted by atomic mass is 35.5. The lowest BCUT2D eigenvalue weighted by Crippen LogP contribution is -2.26. The second-order valence-electron chi connectivity index (χ2n) is 5.58. The molecule has 92 valence electrons. The quantitative estimate of drug-likeness (QED) is 0.814. The largest absolute Gasteiger partial charge is 0.459 e. The molecule has 0 saturated heterocycles. The Morgan fingerprint density at radius 3 is 2.53 bits per heavy atom. The van der Waals surface area contributed by atoms with Crippen LogP contribution >= 0.6 is 11.6 Å². The Bertz CT molecular complexity index is 551. The molecule has 0 aliphatic heterocycles. The molecular weight excluding hydrogens is 234 g/mol. The zero-order valence-electron chi connectivity index (χ0n) is 10.7. The van der Waals surface area contributed by atoms with E-state index in [0.29, 0.717) is 0 Å². The number of furan rings is 1. The van der Waals surface area contributed by atoms with Gasteiger partial charge in [0, 0.05) is 16.0 Å². The van der Waals surface area contributed by atoms with Gasteiger partial charge in [0.15, 0.2) is 0 Å². The van der Waals surface area contributed by atoms with Crippen molar-refractivity contribution < 1.29 is 4.42 Å². The van der Waals surface area contributed by atoms with E-state index in [2.05, 4.69) is 20.8 Å². The van der Waals surface area contributed by atoms with Crippen LogP contribution in [-0.2, 0) is 0 Å². The number of aryl methyl sites for hydroxylation is 1. The summed E-state index contributed by atoms with van der Waals surface area (Å²) >= 11 is 6.00. The zero-order chi connectivity index (χ0) is 12.8. The van der Waals surface area contributed by atoms with Gasteiger partial charge in [-0.1, -0.05) is 32.4 Å². The molecule has 2 rings (SSSR count).